The maximum atomic E-state index is 13.4. The van der Waals surface area contributed by atoms with Gasteiger partial charge in [0.2, 0.25) is 5.91 Å². The summed E-state index contributed by atoms with van der Waals surface area (Å²) >= 11 is 0. The van der Waals surface area contributed by atoms with Gasteiger partial charge in [-0.1, -0.05) is 24.3 Å². The Bertz CT molecular complexity index is 860. The number of hydrogen-bond acceptors (Lipinski definition) is 4. The molecule has 2 amide bonds. The van der Waals surface area contributed by atoms with Gasteiger partial charge in [-0.05, 0) is 49.2 Å². The van der Waals surface area contributed by atoms with Crippen LogP contribution in [0.3, 0.4) is 0 Å². The van der Waals surface area contributed by atoms with Gasteiger partial charge in [0.25, 0.3) is 5.91 Å². The fourth-order valence-corrected chi connectivity index (χ4v) is 4.05. The molecule has 1 fully saturated rings. The molecule has 0 aliphatic carbocycles. The van der Waals surface area contributed by atoms with E-state index in [1.54, 1.807) is 29.7 Å². The molecule has 29 heavy (non-hydrogen) atoms. The molecule has 0 spiro atoms. The Morgan fingerprint density at radius 1 is 1.07 bits per heavy atom. The topological polar surface area (TPSA) is 72.9 Å². The lowest BCUT2D eigenvalue weighted by Gasteiger charge is -2.44. The molecular formula is C22H26FN3O3. The van der Waals surface area contributed by atoms with Gasteiger partial charge in [0.1, 0.15) is 5.82 Å². The Balaban J connectivity index is 1.60. The minimum absolute atomic E-state index is 0.00891. The highest BCUT2D eigenvalue weighted by Gasteiger charge is 2.32. The maximum absolute atomic E-state index is 13.4. The molecule has 0 aromatic heterocycles. The molecule has 2 aromatic carbocycles. The van der Waals surface area contributed by atoms with Crippen molar-refractivity contribution in [3.05, 3.63) is 71.0 Å². The van der Waals surface area contributed by atoms with Crippen LogP contribution in [0.4, 0.5) is 4.39 Å². The van der Waals surface area contributed by atoms with Gasteiger partial charge in [-0.15, -0.1) is 0 Å². The summed E-state index contributed by atoms with van der Waals surface area (Å²) in [5.74, 6) is -0.859. The van der Waals surface area contributed by atoms with E-state index in [4.69, 9.17) is 5.21 Å². The van der Waals surface area contributed by atoms with Gasteiger partial charge in [0.05, 0.1) is 6.42 Å². The maximum Gasteiger partial charge on any atom is 0.274 e. The molecule has 0 saturated carbocycles. The van der Waals surface area contributed by atoms with Crippen LogP contribution in [0.15, 0.2) is 48.5 Å². The van der Waals surface area contributed by atoms with Gasteiger partial charge < -0.3 is 4.90 Å². The van der Waals surface area contributed by atoms with Crippen LogP contribution in [0.1, 0.15) is 35.3 Å². The second kappa shape index (κ2) is 9.15. The molecule has 2 N–H and O–H groups in total. The zero-order valence-electron chi connectivity index (χ0n) is 16.6. The second-order valence-corrected chi connectivity index (χ2v) is 7.64. The number of amides is 2. The highest BCUT2D eigenvalue weighted by molar-refractivity contribution is 5.93. The lowest BCUT2D eigenvalue weighted by atomic mass is 10.0. The molecule has 7 heteroatoms. The van der Waals surface area contributed by atoms with E-state index in [0.29, 0.717) is 17.7 Å². The SMILES string of the molecule is CC1CN(Cc2ccc(C(=O)NO)cc2)CC(C)N1C(=O)Cc1cccc(F)c1. The van der Waals surface area contributed by atoms with Gasteiger partial charge in [-0.25, -0.2) is 9.87 Å². The lowest BCUT2D eigenvalue weighted by molar-refractivity contribution is -0.138. The number of rotatable bonds is 5. The number of nitrogens with zero attached hydrogens (tertiary/aromatic N) is 2. The molecule has 154 valence electrons. The minimum Gasteiger partial charge on any atom is -0.334 e. The molecule has 6 nitrogen and oxygen atoms in total. The number of halogens is 1. The first-order valence-electron chi connectivity index (χ1n) is 9.68. The highest BCUT2D eigenvalue weighted by atomic mass is 19.1. The number of hydrogen-bond donors (Lipinski definition) is 2. The van der Waals surface area contributed by atoms with Gasteiger partial charge in [0.15, 0.2) is 0 Å². The number of carbonyl (C=O) groups excluding carboxylic acids is 2. The summed E-state index contributed by atoms with van der Waals surface area (Å²) in [4.78, 5) is 28.4. The van der Waals surface area contributed by atoms with Gasteiger partial charge >= 0.3 is 0 Å². The predicted molar refractivity (Wildman–Crippen MR) is 107 cm³/mol. The molecular weight excluding hydrogens is 373 g/mol. The summed E-state index contributed by atoms with van der Waals surface area (Å²) in [5.41, 5.74) is 3.75. The standard InChI is InChI=1S/C22H26FN3O3/c1-15-12-25(14-17-6-8-19(9-7-17)22(28)24-29)13-16(2)26(15)21(27)11-18-4-3-5-20(23)10-18/h3-10,15-16,29H,11-14H2,1-2H3,(H,24,28). The van der Waals surface area contributed by atoms with Crippen LogP contribution in [0.5, 0.6) is 0 Å². The summed E-state index contributed by atoms with van der Waals surface area (Å²) in [6.07, 6.45) is 0.195. The normalized spacial score (nSPS) is 19.8. The van der Waals surface area contributed by atoms with Crippen molar-refractivity contribution in [3.8, 4) is 0 Å². The fourth-order valence-electron chi connectivity index (χ4n) is 4.05. The summed E-state index contributed by atoms with van der Waals surface area (Å²) in [7, 11) is 0. The Labute approximate surface area is 169 Å². The molecule has 0 bridgehead atoms. The smallest absolute Gasteiger partial charge is 0.274 e. The van der Waals surface area contributed by atoms with E-state index in [0.717, 1.165) is 18.7 Å². The Hall–Kier alpha value is -2.77. The molecule has 1 heterocycles. The van der Waals surface area contributed by atoms with Crippen molar-refractivity contribution >= 4 is 11.8 Å². The minimum atomic E-state index is -0.538. The summed E-state index contributed by atoms with van der Waals surface area (Å²) < 4.78 is 13.4. The third-order valence-corrected chi connectivity index (χ3v) is 5.25. The zero-order chi connectivity index (χ0) is 21.0. The van der Waals surface area contributed by atoms with Crippen molar-refractivity contribution in [2.75, 3.05) is 13.1 Å². The largest absolute Gasteiger partial charge is 0.334 e. The molecule has 0 radical (unpaired) electrons. The van der Waals surface area contributed by atoms with E-state index in [1.807, 2.05) is 30.9 Å². The van der Waals surface area contributed by atoms with Crippen molar-refractivity contribution in [1.29, 1.82) is 0 Å². The molecule has 1 aliphatic rings. The van der Waals surface area contributed by atoms with Gasteiger partial charge in [0, 0.05) is 37.3 Å². The second-order valence-electron chi connectivity index (χ2n) is 7.64. The Morgan fingerprint density at radius 3 is 2.31 bits per heavy atom. The third-order valence-electron chi connectivity index (χ3n) is 5.25. The molecule has 1 aliphatic heterocycles. The highest BCUT2D eigenvalue weighted by Crippen LogP contribution is 2.20. The van der Waals surface area contributed by atoms with Crippen LogP contribution >= 0.6 is 0 Å². The van der Waals surface area contributed by atoms with Crippen molar-refractivity contribution < 1.29 is 19.2 Å². The first-order valence-corrected chi connectivity index (χ1v) is 9.68. The zero-order valence-corrected chi connectivity index (χ0v) is 16.6. The molecule has 2 aromatic rings. The van der Waals surface area contributed by atoms with Crippen LogP contribution < -0.4 is 5.48 Å². The van der Waals surface area contributed by atoms with Crippen molar-refractivity contribution in [3.63, 3.8) is 0 Å². The van der Waals surface area contributed by atoms with E-state index >= 15 is 0 Å². The van der Waals surface area contributed by atoms with Gasteiger partial charge in [-0.3, -0.25) is 19.7 Å². The number of piperazine rings is 1. The number of hydroxylamine groups is 1. The summed E-state index contributed by atoms with van der Waals surface area (Å²) in [6, 6.07) is 13.3. The van der Waals surface area contributed by atoms with E-state index in [1.165, 1.54) is 12.1 Å². The Morgan fingerprint density at radius 2 is 1.72 bits per heavy atom. The number of nitrogens with one attached hydrogen (secondary N) is 1. The van der Waals surface area contributed by atoms with Crippen LogP contribution in [0.25, 0.3) is 0 Å². The first-order chi connectivity index (χ1) is 13.9. The third kappa shape index (κ3) is 5.19. The van der Waals surface area contributed by atoms with Crippen LogP contribution in [0.2, 0.25) is 0 Å². The van der Waals surface area contributed by atoms with E-state index in [9.17, 15) is 14.0 Å². The fraction of sp³-hybridized carbons (Fsp3) is 0.364. The van der Waals surface area contributed by atoms with Crippen molar-refractivity contribution in [2.24, 2.45) is 0 Å². The summed E-state index contributed by atoms with van der Waals surface area (Å²) in [6.45, 7) is 6.24. The predicted octanol–water partition coefficient (Wildman–Crippen LogP) is 2.61. The quantitative estimate of drug-likeness (QED) is 0.599. The summed E-state index contributed by atoms with van der Waals surface area (Å²) in [5, 5.41) is 8.69. The van der Waals surface area contributed by atoms with E-state index in [2.05, 4.69) is 4.90 Å². The lowest BCUT2D eigenvalue weighted by Crippen LogP contribution is -2.58. The monoisotopic (exact) mass is 399 g/mol. The van der Waals surface area contributed by atoms with Crippen molar-refractivity contribution in [2.45, 2.75) is 38.9 Å². The average Bonchev–Trinajstić information content (AvgIpc) is 2.67. The number of benzene rings is 2. The van der Waals surface area contributed by atoms with Crippen LogP contribution in [0, 0.1) is 5.82 Å². The molecule has 2 atom stereocenters. The number of carbonyl (C=O) groups is 2. The van der Waals surface area contributed by atoms with E-state index in [-0.39, 0.29) is 30.2 Å². The van der Waals surface area contributed by atoms with E-state index < -0.39 is 5.91 Å². The Kier molecular flexibility index (Phi) is 6.61. The van der Waals surface area contributed by atoms with Crippen LogP contribution in [-0.2, 0) is 17.8 Å². The van der Waals surface area contributed by atoms with Crippen molar-refractivity contribution in [1.82, 2.24) is 15.3 Å². The molecule has 2 unspecified atom stereocenters. The molecule has 3 rings (SSSR count). The van der Waals surface area contributed by atoms with Gasteiger partial charge in [-0.2, -0.15) is 0 Å². The molecule has 1 saturated heterocycles. The van der Waals surface area contributed by atoms with Crippen LogP contribution in [-0.4, -0.2) is 52.0 Å². The first kappa shape index (κ1) is 21.0. The average molecular weight is 399 g/mol.